The Hall–Kier alpha value is -2.93. The molecule has 2 aromatic rings. The zero-order chi connectivity index (χ0) is 18.1. The molecule has 134 valence electrons. The Morgan fingerprint density at radius 3 is 2.92 bits per heavy atom. The first-order valence-corrected chi connectivity index (χ1v) is 8.30. The fourth-order valence-electron chi connectivity index (χ4n) is 2.65. The molecule has 4 rings (SSSR count). The number of nitrogens with zero attached hydrogens (tertiary/aromatic N) is 2. The van der Waals surface area contributed by atoms with Crippen molar-refractivity contribution in [2.45, 2.75) is 13.2 Å². The van der Waals surface area contributed by atoms with Crippen molar-refractivity contribution >= 4 is 23.4 Å². The summed E-state index contributed by atoms with van der Waals surface area (Å²) >= 11 is 6.03. The number of hydrogen-bond donors (Lipinski definition) is 0. The first-order chi connectivity index (χ1) is 12.6. The zero-order valence-electron chi connectivity index (χ0n) is 13.8. The summed E-state index contributed by atoms with van der Waals surface area (Å²) in [5, 5.41) is 6.04. The first-order valence-electron chi connectivity index (χ1n) is 7.92. The van der Waals surface area contributed by atoms with Gasteiger partial charge in [-0.15, -0.1) is 5.10 Å². The Labute approximate surface area is 154 Å². The van der Waals surface area contributed by atoms with Crippen molar-refractivity contribution in [3.63, 3.8) is 0 Å². The summed E-state index contributed by atoms with van der Waals surface area (Å²) in [5.41, 5.74) is 0.731. The fourth-order valence-corrected chi connectivity index (χ4v) is 2.85. The Kier molecular flexibility index (Phi) is 4.30. The van der Waals surface area contributed by atoms with E-state index in [-0.39, 0.29) is 19.3 Å². The van der Waals surface area contributed by atoms with E-state index in [2.05, 4.69) is 5.10 Å². The average molecular weight is 375 g/mol. The molecule has 26 heavy (non-hydrogen) atoms. The fraction of sp³-hybridized carbons (Fsp3) is 0.222. The molecule has 0 saturated heterocycles. The molecule has 0 aliphatic carbocycles. The van der Waals surface area contributed by atoms with Crippen LogP contribution in [0.3, 0.4) is 0 Å². The van der Waals surface area contributed by atoms with E-state index < -0.39 is 6.23 Å². The molecule has 2 aliphatic heterocycles. The van der Waals surface area contributed by atoms with Crippen LogP contribution in [0.1, 0.15) is 18.7 Å². The van der Waals surface area contributed by atoms with Gasteiger partial charge >= 0.3 is 0 Å². The van der Waals surface area contributed by atoms with Gasteiger partial charge in [0.05, 0.1) is 0 Å². The lowest BCUT2D eigenvalue weighted by atomic mass is 10.2. The van der Waals surface area contributed by atoms with Gasteiger partial charge in [-0.05, 0) is 24.3 Å². The Balaban J connectivity index is 1.47. The number of hydrogen-bond acceptors (Lipinski definition) is 6. The number of rotatable bonds is 4. The molecule has 0 N–H and O–H groups in total. The highest BCUT2D eigenvalue weighted by atomic mass is 35.5. The summed E-state index contributed by atoms with van der Waals surface area (Å²) in [4.78, 5) is 11.9. The molecule has 2 aliphatic rings. The summed E-state index contributed by atoms with van der Waals surface area (Å²) in [6.07, 6.45) is -0.665. The van der Waals surface area contributed by atoms with E-state index in [1.807, 2.05) is 6.07 Å². The molecular weight excluding hydrogens is 360 g/mol. The van der Waals surface area contributed by atoms with Gasteiger partial charge in [0.1, 0.15) is 5.75 Å². The largest absolute Gasteiger partial charge is 0.484 e. The molecule has 2 aromatic carbocycles. The van der Waals surface area contributed by atoms with Crippen molar-refractivity contribution in [2.75, 3.05) is 13.4 Å². The van der Waals surface area contributed by atoms with Gasteiger partial charge in [-0.25, -0.2) is 0 Å². The molecule has 0 radical (unpaired) electrons. The minimum atomic E-state index is -0.665. The lowest BCUT2D eigenvalue weighted by Gasteiger charge is -2.19. The van der Waals surface area contributed by atoms with Crippen molar-refractivity contribution in [1.29, 1.82) is 0 Å². The second kappa shape index (κ2) is 6.76. The molecule has 0 fully saturated rings. The molecule has 2 heterocycles. The number of fused-ring (bicyclic) bond motifs is 1. The predicted molar refractivity (Wildman–Crippen MR) is 93.3 cm³/mol. The molecule has 0 spiro atoms. The van der Waals surface area contributed by atoms with Crippen LogP contribution >= 0.6 is 11.6 Å². The summed E-state index contributed by atoms with van der Waals surface area (Å²) in [5.74, 6) is 1.94. The summed E-state index contributed by atoms with van der Waals surface area (Å²) < 4.78 is 22.1. The maximum absolute atomic E-state index is 11.9. The van der Waals surface area contributed by atoms with Crippen LogP contribution in [0.15, 0.2) is 47.6 Å². The highest BCUT2D eigenvalue weighted by Gasteiger charge is 2.32. The Bertz CT molecular complexity index is 886. The number of carbonyl (C=O) groups excluding carboxylic acids is 1. The maximum atomic E-state index is 11.9. The van der Waals surface area contributed by atoms with E-state index in [4.69, 9.17) is 30.5 Å². The van der Waals surface area contributed by atoms with Crippen molar-refractivity contribution < 1.29 is 23.7 Å². The highest BCUT2D eigenvalue weighted by molar-refractivity contribution is 6.30. The van der Waals surface area contributed by atoms with E-state index >= 15 is 0 Å². The number of amides is 1. The van der Waals surface area contributed by atoms with Gasteiger partial charge in [0, 0.05) is 23.6 Å². The molecular formula is C18H15ClN2O5. The zero-order valence-corrected chi connectivity index (χ0v) is 14.6. The normalized spacial score (nSPS) is 17.7. The lowest BCUT2D eigenvalue weighted by Crippen LogP contribution is -2.25. The van der Waals surface area contributed by atoms with Crippen LogP contribution in [0, 0.1) is 0 Å². The molecule has 0 aromatic heterocycles. The van der Waals surface area contributed by atoms with Gasteiger partial charge in [0.2, 0.25) is 24.8 Å². The lowest BCUT2D eigenvalue weighted by molar-refractivity contribution is -0.135. The predicted octanol–water partition coefficient (Wildman–Crippen LogP) is 3.34. The van der Waals surface area contributed by atoms with Crippen molar-refractivity contribution in [1.82, 2.24) is 5.01 Å². The average Bonchev–Trinajstić information content (AvgIpc) is 3.26. The molecule has 7 nitrogen and oxygen atoms in total. The minimum absolute atomic E-state index is 0.0699. The van der Waals surface area contributed by atoms with Crippen LogP contribution in [0.25, 0.3) is 0 Å². The van der Waals surface area contributed by atoms with Crippen LogP contribution < -0.4 is 14.2 Å². The van der Waals surface area contributed by atoms with Gasteiger partial charge in [0.25, 0.3) is 0 Å². The van der Waals surface area contributed by atoms with Crippen LogP contribution in [0.2, 0.25) is 5.02 Å². The third kappa shape index (κ3) is 3.25. The third-order valence-electron chi connectivity index (χ3n) is 3.85. The topological polar surface area (TPSA) is 69.6 Å². The number of halogens is 1. The van der Waals surface area contributed by atoms with Crippen molar-refractivity contribution in [2.24, 2.45) is 5.10 Å². The van der Waals surface area contributed by atoms with Crippen molar-refractivity contribution in [3.8, 4) is 17.2 Å². The van der Waals surface area contributed by atoms with Crippen LogP contribution in [0.4, 0.5) is 0 Å². The van der Waals surface area contributed by atoms with E-state index in [1.54, 1.807) is 36.4 Å². The minimum Gasteiger partial charge on any atom is -0.484 e. The molecule has 8 heteroatoms. The molecule has 1 atom stereocenters. The highest BCUT2D eigenvalue weighted by Crippen LogP contribution is 2.35. The van der Waals surface area contributed by atoms with Gasteiger partial charge in [-0.3, -0.25) is 4.79 Å². The quantitative estimate of drug-likeness (QED) is 0.821. The Morgan fingerprint density at radius 2 is 2.12 bits per heavy atom. The van der Waals surface area contributed by atoms with E-state index in [9.17, 15) is 4.79 Å². The van der Waals surface area contributed by atoms with Crippen LogP contribution in [-0.4, -0.2) is 30.2 Å². The molecule has 0 unspecified atom stereocenters. The van der Waals surface area contributed by atoms with Gasteiger partial charge in [0.15, 0.2) is 18.1 Å². The number of carbonyl (C=O) groups is 1. The Morgan fingerprint density at radius 1 is 1.27 bits per heavy atom. The van der Waals surface area contributed by atoms with Crippen molar-refractivity contribution in [3.05, 3.63) is 53.1 Å². The maximum Gasteiger partial charge on any atom is 0.247 e. The third-order valence-corrected chi connectivity index (χ3v) is 4.09. The van der Waals surface area contributed by atoms with Crippen LogP contribution in [0.5, 0.6) is 17.2 Å². The SMILES string of the molecule is CC(=O)N1N=C(COc2ccc3c(c2)OCO3)O[C@H]1c1cccc(Cl)c1. The molecule has 0 saturated carbocycles. The monoisotopic (exact) mass is 374 g/mol. The number of hydrazone groups is 1. The van der Waals surface area contributed by atoms with E-state index in [1.165, 1.54) is 11.9 Å². The molecule has 1 amide bonds. The molecule has 0 bridgehead atoms. The second-order valence-corrected chi connectivity index (χ2v) is 6.12. The number of benzene rings is 2. The summed E-state index contributed by atoms with van der Waals surface area (Å²) in [6.45, 7) is 1.69. The van der Waals surface area contributed by atoms with Crippen LogP contribution in [-0.2, 0) is 9.53 Å². The summed E-state index contributed by atoms with van der Waals surface area (Å²) in [6, 6.07) is 12.4. The summed E-state index contributed by atoms with van der Waals surface area (Å²) in [7, 11) is 0. The van der Waals surface area contributed by atoms with Gasteiger partial charge in [-0.2, -0.15) is 5.01 Å². The first kappa shape index (κ1) is 16.5. The van der Waals surface area contributed by atoms with E-state index in [0.29, 0.717) is 28.2 Å². The number of ether oxygens (including phenoxy) is 4. The van der Waals surface area contributed by atoms with E-state index in [0.717, 1.165) is 5.56 Å². The standard InChI is InChI=1S/C18H15ClN2O5/c1-11(22)21-18(12-3-2-4-13(19)7-12)26-17(20-21)9-23-14-5-6-15-16(8-14)25-10-24-15/h2-8,18H,9-10H2,1H3/t18-/m0/s1. The second-order valence-electron chi connectivity index (χ2n) is 5.69. The van der Waals surface area contributed by atoms with Gasteiger partial charge in [-0.1, -0.05) is 23.7 Å². The van der Waals surface area contributed by atoms with Gasteiger partial charge < -0.3 is 18.9 Å². The smallest absolute Gasteiger partial charge is 0.247 e.